The molecule has 0 spiro atoms. The third kappa shape index (κ3) is 6.94. The summed E-state index contributed by atoms with van der Waals surface area (Å²) >= 11 is 0. The molecule has 17 aromatic rings. The molecule has 5 heteroatoms. The maximum Gasteiger partial charge on any atom is 0.0972 e. The van der Waals surface area contributed by atoms with Gasteiger partial charge in [0.1, 0.15) is 0 Å². The van der Waals surface area contributed by atoms with E-state index in [0.29, 0.717) is 0 Å². The quantitative estimate of drug-likeness (QED) is 0.161. The molecule has 5 nitrogen and oxygen atoms in total. The summed E-state index contributed by atoms with van der Waals surface area (Å²) in [6.07, 6.45) is 5.65. The van der Waals surface area contributed by atoms with E-state index in [4.69, 9.17) is 19.9 Å². The Hall–Kier alpha value is -10.8. The van der Waals surface area contributed by atoms with Crippen LogP contribution in [0.2, 0.25) is 0 Å². The first-order valence-corrected chi connectivity index (χ1v) is 27.2. The van der Waals surface area contributed by atoms with Crippen LogP contribution in [0.4, 0.5) is 0 Å². The van der Waals surface area contributed by atoms with E-state index in [1.54, 1.807) is 0 Å². The molecule has 80 heavy (non-hydrogen) atoms. The summed E-state index contributed by atoms with van der Waals surface area (Å²) in [6, 6.07) is 88.0. The fourth-order valence-corrected chi connectivity index (χ4v) is 12.8. The Morgan fingerprint density at radius 3 is 1.29 bits per heavy atom. The summed E-state index contributed by atoms with van der Waals surface area (Å²) in [7, 11) is 0. The highest BCUT2D eigenvalue weighted by molar-refractivity contribution is 6.28. The van der Waals surface area contributed by atoms with Gasteiger partial charge >= 0.3 is 0 Å². The number of hydrogen-bond donors (Lipinski definition) is 0. The molecule has 0 aliphatic rings. The summed E-state index contributed by atoms with van der Waals surface area (Å²) in [5.74, 6) is 0. The third-order valence-electron chi connectivity index (χ3n) is 16.7. The minimum Gasteiger partial charge on any atom is -0.256 e. The first-order valence-electron chi connectivity index (χ1n) is 27.2. The Morgan fingerprint density at radius 1 is 0.212 bits per heavy atom. The minimum atomic E-state index is 0.878. The Bertz CT molecular complexity index is 5440. The van der Waals surface area contributed by atoms with Gasteiger partial charge in [-0.25, -0.2) is 9.97 Å². The number of hydrogen-bond acceptors (Lipinski definition) is 5. The van der Waals surface area contributed by atoms with Crippen molar-refractivity contribution in [2.24, 2.45) is 0 Å². The van der Waals surface area contributed by atoms with Gasteiger partial charge in [0.05, 0.1) is 39.0 Å². The molecule has 17 rings (SSSR count). The molecular weight excluding hydrogens is 971 g/mol. The van der Waals surface area contributed by atoms with Crippen molar-refractivity contribution in [3.05, 3.63) is 261 Å². The monoisotopic (exact) mass is 1010 g/mol. The van der Waals surface area contributed by atoms with Crippen LogP contribution in [0.3, 0.4) is 0 Å². The van der Waals surface area contributed by atoms with Gasteiger partial charge in [-0.05, 0) is 159 Å². The van der Waals surface area contributed by atoms with Gasteiger partial charge in [-0.3, -0.25) is 15.0 Å². The van der Waals surface area contributed by atoms with Crippen LogP contribution in [-0.2, 0) is 0 Å². The van der Waals surface area contributed by atoms with Gasteiger partial charge in [0.15, 0.2) is 0 Å². The second-order valence-corrected chi connectivity index (χ2v) is 21.1. The van der Waals surface area contributed by atoms with E-state index in [1.807, 2.05) is 30.7 Å². The number of fused-ring (bicyclic) bond motifs is 19. The lowest BCUT2D eigenvalue weighted by molar-refractivity contribution is 1.34. The maximum atomic E-state index is 5.34. The number of nitrogens with zero attached hydrogens (tertiary/aromatic N) is 5. The molecule has 0 fully saturated rings. The molecule has 0 N–H and O–H groups in total. The normalized spacial score (nSPS) is 12.0. The molecule has 5 heterocycles. The van der Waals surface area contributed by atoms with Gasteiger partial charge in [0.2, 0.25) is 0 Å². The van der Waals surface area contributed by atoms with Crippen molar-refractivity contribution >= 4 is 119 Å². The zero-order valence-electron chi connectivity index (χ0n) is 43.1. The highest BCUT2D eigenvalue weighted by atomic mass is 14.8. The zero-order chi connectivity index (χ0) is 52.4. The Balaban J connectivity index is 0.703. The number of aromatic nitrogens is 5. The van der Waals surface area contributed by atoms with Crippen LogP contribution >= 0.6 is 0 Å². The molecule has 0 radical (unpaired) electrons. The van der Waals surface area contributed by atoms with E-state index < -0.39 is 0 Å². The Morgan fingerprint density at radius 2 is 0.637 bits per heavy atom. The van der Waals surface area contributed by atoms with Crippen LogP contribution in [0.25, 0.3) is 175 Å². The molecule has 0 saturated carbocycles. The Labute approximate surface area is 458 Å². The predicted octanol–water partition coefficient (Wildman–Crippen LogP) is 19.7. The molecule has 0 amide bonds. The molecule has 368 valence electrons. The van der Waals surface area contributed by atoms with Crippen molar-refractivity contribution in [2.75, 3.05) is 0 Å². The van der Waals surface area contributed by atoms with E-state index in [2.05, 4.69) is 236 Å². The highest BCUT2D eigenvalue weighted by Gasteiger charge is 2.17. The van der Waals surface area contributed by atoms with Gasteiger partial charge in [0.25, 0.3) is 0 Å². The lowest BCUT2D eigenvalue weighted by Gasteiger charge is -2.15. The zero-order valence-corrected chi connectivity index (χ0v) is 43.1. The van der Waals surface area contributed by atoms with Crippen LogP contribution in [-0.4, -0.2) is 24.9 Å². The Kier molecular flexibility index (Phi) is 9.64. The van der Waals surface area contributed by atoms with Crippen molar-refractivity contribution in [1.82, 2.24) is 24.9 Å². The van der Waals surface area contributed by atoms with Crippen molar-refractivity contribution in [3.63, 3.8) is 0 Å². The fraction of sp³-hybridized carbons (Fsp3) is 0. The van der Waals surface area contributed by atoms with Crippen LogP contribution in [0.15, 0.2) is 261 Å². The van der Waals surface area contributed by atoms with Crippen LogP contribution in [0.5, 0.6) is 0 Å². The predicted molar refractivity (Wildman–Crippen MR) is 335 cm³/mol. The van der Waals surface area contributed by atoms with Crippen molar-refractivity contribution in [1.29, 1.82) is 0 Å². The summed E-state index contributed by atoms with van der Waals surface area (Å²) in [5.41, 5.74) is 15.3. The maximum absolute atomic E-state index is 5.34. The van der Waals surface area contributed by atoms with Crippen molar-refractivity contribution < 1.29 is 0 Å². The van der Waals surface area contributed by atoms with Gasteiger partial charge in [-0.15, -0.1) is 0 Å². The first-order chi connectivity index (χ1) is 39.6. The molecule has 5 aromatic heterocycles. The average Bonchev–Trinajstić information content (AvgIpc) is 3.57. The molecule has 0 aliphatic carbocycles. The highest BCUT2D eigenvalue weighted by Crippen LogP contribution is 2.43. The van der Waals surface area contributed by atoms with Gasteiger partial charge in [0, 0.05) is 56.6 Å². The van der Waals surface area contributed by atoms with Crippen LogP contribution in [0.1, 0.15) is 0 Å². The number of rotatable bonds is 5. The van der Waals surface area contributed by atoms with E-state index in [1.165, 1.54) is 75.8 Å². The number of pyridine rings is 5. The molecule has 0 aliphatic heterocycles. The molecule has 0 atom stereocenters. The molecular formula is C75H43N5. The topological polar surface area (TPSA) is 64.5 Å². The van der Waals surface area contributed by atoms with Gasteiger partial charge in [-0.1, -0.05) is 182 Å². The lowest BCUT2D eigenvalue weighted by Crippen LogP contribution is -1.92. The molecule has 0 saturated heterocycles. The van der Waals surface area contributed by atoms with E-state index in [0.717, 1.165) is 99.3 Å². The van der Waals surface area contributed by atoms with E-state index >= 15 is 0 Å². The SMILES string of the molecule is c1cnc2c(c1)ccc1ccc(-c3cnc4cc(-c5ccc6c7ccc(-c8cc9ccc(-c%10ccc(-c%11ccc%12c%13ccccc%13c%13ccccc%13c%12c%11)cc%10)nc9c9ncccc89)cc7c7ccccc7c6c5)ccc4c3)nc12. The largest absolute Gasteiger partial charge is 0.256 e. The van der Waals surface area contributed by atoms with E-state index in [9.17, 15) is 0 Å². The van der Waals surface area contributed by atoms with Crippen LogP contribution in [0, 0.1) is 0 Å². The lowest BCUT2D eigenvalue weighted by atomic mass is 9.89. The van der Waals surface area contributed by atoms with Gasteiger partial charge in [-0.2, -0.15) is 0 Å². The first kappa shape index (κ1) is 44.4. The summed E-state index contributed by atoms with van der Waals surface area (Å²) in [5, 5.41) is 20.3. The number of benzene rings is 12. The smallest absolute Gasteiger partial charge is 0.0972 e. The second kappa shape index (κ2) is 17.4. The molecule has 0 bridgehead atoms. The minimum absolute atomic E-state index is 0.878. The second-order valence-electron chi connectivity index (χ2n) is 21.1. The van der Waals surface area contributed by atoms with Crippen molar-refractivity contribution in [3.8, 4) is 55.9 Å². The van der Waals surface area contributed by atoms with E-state index in [-0.39, 0.29) is 0 Å². The van der Waals surface area contributed by atoms with Crippen LogP contribution < -0.4 is 0 Å². The van der Waals surface area contributed by atoms with Gasteiger partial charge < -0.3 is 0 Å². The molecule has 0 unspecified atom stereocenters. The van der Waals surface area contributed by atoms with Crippen molar-refractivity contribution in [2.45, 2.75) is 0 Å². The summed E-state index contributed by atoms with van der Waals surface area (Å²) in [4.78, 5) is 25.1. The molecule has 12 aromatic carbocycles. The summed E-state index contributed by atoms with van der Waals surface area (Å²) < 4.78 is 0. The average molecular weight is 1010 g/mol. The fourth-order valence-electron chi connectivity index (χ4n) is 12.8. The third-order valence-corrected chi connectivity index (χ3v) is 16.7. The standard InChI is InChI=1S/C75H43N5/c1-2-12-57-55(10-1)56-11-3-4-13-58(56)66-38-48(25-30-61(57)66)44-17-19-45(20-18-44)69-34-29-53-41-65(64-16-8-36-77-75(64)74(53)79-69)51-27-32-63-62-31-26-49(39-67(62)59-14-5-6-15-60(59)68(63)40-51)50-23-24-52-37-54(43-78-71(52)42-50)70-33-28-47-22-21-46-9-7-35-76-72(46)73(47)80-70/h1-43H. The summed E-state index contributed by atoms with van der Waals surface area (Å²) in [6.45, 7) is 0.